The molecular formula is C13H21NO. The fourth-order valence-corrected chi connectivity index (χ4v) is 1.83. The Balaban J connectivity index is 1.85. The van der Waals surface area contributed by atoms with Gasteiger partial charge in [0.1, 0.15) is 11.5 Å². The van der Waals surface area contributed by atoms with Crippen LogP contribution in [0.15, 0.2) is 16.5 Å². The van der Waals surface area contributed by atoms with Crippen LogP contribution >= 0.6 is 0 Å². The minimum absolute atomic E-state index is 0.568. The molecule has 1 aliphatic carbocycles. The molecule has 3 atom stereocenters. The van der Waals surface area contributed by atoms with Crippen LogP contribution in [0.2, 0.25) is 0 Å². The summed E-state index contributed by atoms with van der Waals surface area (Å²) in [6.45, 7) is 7.53. The van der Waals surface area contributed by atoms with Crippen LogP contribution in [0.25, 0.3) is 0 Å². The highest BCUT2D eigenvalue weighted by atomic mass is 16.3. The molecule has 0 bridgehead atoms. The fourth-order valence-electron chi connectivity index (χ4n) is 1.83. The third-order valence-corrected chi connectivity index (χ3v) is 3.39. The first-order chi connectivity index (χ1) is 7.20. The van der Waals surface area contributed by atoms with Crippen molar-refractivity contribution in [3.63, 3.8) is 0 Å². The van der Waals surface area contributed by atoms with E-state index in [1.54, 1.807) is 0 Å². The van der Waals surface area contributed by atoms with Gasteiger partial charge in [-0.3, -0.25) is 0 Å². The van der Waals surface area contributed by atoms with Gasteiger partial charge in [0.05, 0.1) is 6.54 Å². The summed E-state index contributed by atoms with van der Waals surface area (Å²) in [7, 11) is 0. The molecule has 0 aliphatic heterocycles. The van der Waals surface area contributed by atoms with Crippen molar-refractivity contribution in [3.8, 4) is 0 Å². The van der Waals surface area contributed by atoms with E-state index < -0.39 is 0 Å². The lowest BCUT2D eigenvalue weighted by atomic mass is 10.2. The summed E-state index contributed by atoms with van der Waals surface area (Å²) in [5, 5.41) is 3.44. The van der Waals surface area contributed by atoms with Crippen LogP contribution in [-0.4, -0.2) is 6.04 Å². The van der Waals surface area contributed by atoms with E-state index in [-0.39, 0.29) is 0 Å². The largest absolute Gasteiger partial charge is 0.464 e. The summed E-state index contributed by atoms with van der Waals surface area (Å²) >= 11 is 0. The fraction of sp³-hybridized carbons (Fsp3) is 0.692. The molecule has 0 saturated heterocycles. The van der Waals surface area contributed by atoms with E-state index >= 15 is 0 Å². The van der Waals surface area contributed by atoms with Gasteiger partial charge in [-0.25, -0.2) is 0 Å². The Kier molecular flexibility index (Phi) is 3.15. The quantitative estimate of drug-likeness (QED) is 0.801. The lowest BCUT2D eigenvalue weighted by Gasteiger charge is -2.08. The molecule has 1 heterocycles. The molecule has 0 amide bonds. The molecule has 15 heavy (non-hydrogen) atoms. The monoisotopic (exact) mass is 207 g/mol. The van der Waals surface area contributed by atoms with E-state index in [2.05, 4.69) is 38.2 Å². The Hall–Kier alpha value is -0.760. The number of rotatable bonds is 5. The molecule has 0 aromatic carbocycles. The minimum Gasteiger partial charge on any atom is -0.464 e. The van der Waals surface area contributed by atoms with Crippen molar-refractivity contribution in [2.75, 3.05) is 0 Å². The van der Waals surface area contributed by atoms with Gasteiger partial charge in [0.15, 0.2) is 0 Å². The van der Waals surface area contributed by atoms with Gasteiger partial charge >= 0.3 is 0 Å². The standard InChI is InChI=1S/C13H21NO/c1-4-10(3)14-8-11-5-6-13(15-11)12-7-9(12)2/h5-6,9-10,12,14H,4,7-8H2,1-3H3. The lowest BCUT2D eigenvalue weighted by Crippen LogP contribution is -2.24. The topological polar surface area (TPSA) is 25.2 Å². The van der Waals surface area contributed by atoms with Gasteiger partial charge in [0.2, 0.25) is 0 Å². The van der Waals surface area contributed by atoms with Crippen LogP contribution in [0.4, 0.5) is 0 Å². The maximum atomic E-state index is 5.81. The van der Waals surface area contributed by atoms with Gasteiger partial charge in [0.25, 0.3) is 0 Å². The maximum Gasteiger partial charge on any atom is 0.117 e. The highest BCUT2D eigenvalue weighted by Gasteiger charge is 2.36. The number of hydrogen-bond donors (Lipinski definition) is 1. The summed E-state index contributed by atoms with van der Waals surface area (Å²) in [5.41, 5.74) is 0. The minimum atomic E-state index is 0.568. The molecule has 84 valence electrons. The van der Waals surface area contributed by atoms with Gasteiger partial charge in [0, 0.05) is 12.0 Å². The molecule has 1 N–H and O–H groups in total. The van der Waals surface area contributed by atoms with Crippen LogP contribution in [0.5, 0.6) is 0 Å². The Bertz CT molecular complexity index is 318. The predicted molar refractivity (Wildman–Crippen MR) is 61.8 cm³/mol. The van der Waals surface area contributed by atoms with Gasteiger partial charge < -0.3 is 9.73 Å². The highest BCUT2D eigenvalue weighted by molar-refractivity contribution is 5.17. The van der Waals surface area contributed by atoms with Gasteiger partial charge in [-0.2, -0.15) is 0 Å². The third kappa shape index (κ3) is 2.63. The first-order valence-electron chi connectivity index (χ1n) is 6.02. The van der Waals surface area contributed by atoms with E-state index in [1.807, 2.05) is 0 Å². The Labute approximate surface area is 92.1 Å². The zero-order valence-electron chi connectivity index (χ0n) is 9.92. The van der Waals surface area contributed by atoms with Crippen LogP contribution in [0.1, 0.15) is 51.1 Å². The molecule has 1 fully saturated rings. The second kappa shape index (κ2) is 4.40. The average Bonchev–Trinajstić information content (AvgIpc) is 2.80. The molecule has 1 aromatic heterocycles. The second-order valence-corrected chi connectivity index (χ2v) is 4.81. The smallest absolute Gasteiger partial charge is 0.117 e. The van der Waals surface area contributed by atoms with Crippen LogP contribution in [0.3, 0.4) is 0 Å². The lowest BCUT2D eigenvalue weighted by molar-refractivity contribution is 0.424. The van der Waals surface area contributed by atoms with Crippen molar-refractivity contribution in [1.82, 2.24) is 5.32 Å². The summed E-state index contributed by atoms with van der Waals surface area (Å²) in [6, 6.07) is 4.82. The molecule has 2 rings (SSSR count). The SMILES string of the molecule is CCC(C)NCc1ccc(C2CC2C)o1. The van der Waals surface area contributed by atoms with E-state index in [1.165, 1.54) is 12.2 Å². The Morgan fingerprint density at radius 2 is 2.27 bits per heavy atom. The van der Waals surface area contributed by atoms with Crippen LogP contribution in [-0.2, 0) is 6.54 Å². The molecule has 0 spiro atoms. The van der Waals surface area contributed by atoms with Crippen LogP contribution in [0, 0.1) is 5.92 Å². The molecule has 0 radical (unpaired) electrons. The van der Waals surface area contributed by atoms with E-state index in [0.29, 0.717) is 12.0 Å². The zero-order chi connectivity index (χ0) is 10.8. The van der Waals surface area contributed by atoms with E-state index in [4.69, 9.17) is 4.42 Å². The van der Waals surface area contributed by atoms with Gasteiger partial charge in [-0.05, 0) is 37.8 Å². The number of hydrogen-bond acceptors (Lipinski definition) is 2. The van der Waals surface area contributed by atoms with Gasteiger partial charge in [-0.1, -0.05) is 13.8 Å². The summed E-state index contributed by atoms with van der Waals surface area (Å²) < 4.78 is 5.81. The molecule has 3 unspecified atom stereocenters. The van der Waals surface area contributed by atoms with Gasteiger partial charge in [-0.15, -0.1) is 0 Å². The average molecular weight is 207 g/mol. The first-order valence-corrected chi connectivity index (χ1v) is 6.02. The Morgan fingerprint density at radius 3 is 2.87 bits per heavy atom. The molecule has 1 saturated carbocycles. The zero-order valence-corrected chi connectivity index (χ0v) is 9.92. The van der Waals surface area contributed by atoms with Crippen molar-refractivity contribution in [1.29, 1.82) is 0 Å². The summed E-state index contributed by atoms with van der Waals surface area (Å²) in [5.74, 6) is 3.78. The van der Waals surface area contributed by atoms with Crippen molar-refractivity contribution < 1.29 is 4.42 Å². The van der Waals surface area contributed by atoms with Crippen LogP contribution < -0.4 is 5.32 Å². The molecular weight excluding hydrogens is 186 g/mol. The van der Waals surface area contributed by atoms with Crippen molar-refractivity contribution in [3.05, 3.63) is 23.7 Å². The first kappa shape index (κ1) is 10.7. The number of nitrogens with one attached hydrogen (secondary N) is 1. The van der Waals surface area contributed by atoms with E-state index in [9.17, 15) is 0 Å². The number of furan rings is 1. The van der Waals surface area contributed by atoms with Crippen molar-refractivity contribution in [2.45, 2.75) is 52.1 Å². The predicted octanol–water partition coefficient (Wildman–Crippen LogP) is 3.29. The van der Waals surface area contributed by atoms with Crippen molar-refractivity contribution in [2.24, 2.45) is 5.92 Å². The normalized spacial score (nSPS) is 26.6. The molecule has 1 aromatic rings. The summed E-state index contributed by atoms with van der Waals surface area (Å²) in [4.78, 5) is 0. The molecule has 2 nitrogen and oxygen atoms in total. The second-order valence-electron chi connectivity index (χ2n) is 4.81. The maximum absolute atomic E-state index is 5.81. The van der Waals surface area contributed by atoms with Crippen molar-refractivity contribution >= 4 is 0 Å². The molecule has 1 aliphatic rings. The summed E-state index contributed by atoms with van der Waals surface area (Å²) in [6.07, 6.45) is 2.46. The van der Waals surface area contributed by atoms with E-state index in [0.717, 1.165) is 24.6 Å². The molecule has 2 heteroatoms. The highest BCUT2D eigenvalue weighted by Crippen LogP contribution is 2.47. The third-order valence-electron chi connectivity index (χ3n) is 3.39. The Morgan fingerprint density at radius 1 is 1.53 bits per heavy atom.